The lowest BCUT2D eigenvalue weighted by molar-refractivity contribution is -0.196. The van der Waals surface area contributed by atoms with Crippen LogP contribution >= 0.6 is 0 Å². The zero-order valence-corrected chi connectivity index (χ0v) is 12.0. The average molecular weight is 326 g/mol. The number of hydrogen-bond donors (Lipinski definition) is 2. The summed E-state index contributed by atoms with van der Waals surface area (Å²) in [4.78, 5) is 11.2. The molecule has 0 spiro atoms. The molecule has 0 amide bonds. The van der Waals surface area contributed by atoms with Gasteiger partial charge in [-0.1, -0.05) is 12.1 Å². The van der Waals surface area contributed by atoms with E-state index in [9.17, 15) is 18.0 Å². The molecule has 0 atom stereocenters. The Balaban J connectivity index is 2.51. The summed E-state index contributed by atoms with van der Waals surface area (Å²) in [7, 11) is 1.30. The minimum Gasteiger partial charge on any atom is -0.496 e. The van der Waals surface area contributed by atoms with E-state index in [2.05, 4.69) is 0 Å². The zero-order valence-electron chi connectivity index (χ0n) is 12.0. The van der Waals surface area contributed by atoms with Crippen molar-refractivity contribution in [1.82, 2.24) is 0 Å². The predicted octanol–water partition coefficient (Wildman–Crippen LogP) is 3.33. The lowest BCUT2D eigenvalue weighted by Gasteiger charge is -2.12. The number of rotatable bonds is 5. The van der Waals surface area contributed by atoms with Gasteiger partial charge in [-0.05, 0) is 35.4 Å². The summed E-state index contributed by atoms with van der Waals surface area (Å²) < 4.78 is 44.2. The van der Waals surface area contributed by atoms with Crippen LogP contribution in [0.15, 0.2) is 36.4 Å². The van der Waals surface area contributed by atoms with Gasteiger partial charge in [0.25, 0.3) is 0 Å². The van der Waals surface area contributed by atoms with Gasteiger partial charge in [0.05, 0.1) is 13.5 Å². The topological polar surface area (TPSA) is 66.8 Å². The SMILES string of the molecule is COc1ccc(-c2cc(CC(O)(F)F)ccc2F)cc1C(=O)O. The van der Waals surface area contributed by atoms with Crippen LogP contribution in [0, 0.1) is 5.82 Å². The summed E-state index contributed by atoms with van der Waals surface area (Å²) >= 11 is 0. The largest absolute Gasteiger partial charge is 0.496 e. The maximum Gasteiger partial charge on any atom is 0.357 e. The van der Waals surface area contributed by atoms with E-state index in [0.717, 1.165) is 18.2 Å². The molecule has 2 aromatic rings. The minimum absolute atomic E-state index is 0.0154. The van der Waals surface area contributed by atoms with Crippen molar-refractivity contribution in [3.63, 3.8) is 0 Å². The summed E-state index contributed by atoms with van der Waals surface area (Å²) in [5, 5.41) is 17.7. The Bertz CT molecular complexity index is 739. The van der Waals surface area contributed by atoms with Gasteiger partial charge in [-0.25, -0.2) is 9.18 Å². The third kappa shape index (κ3) is 4.01. The van der Waals surface area contributed by atoms with E-state index in [-0.39, 0.29) is 28.0 Å². The highest BCUT2D eigenvalue weighted by Gasteiger charge is 2.25. The maximum atomic E-state index is 14.0. The molecule has 2 N–H and O–H groups in total. The van der Waals surface area contributed by atoms with Gasteiger partial charge in [0, 0.05) is 5.56 Å². The van der Waals surface area contributed by atoms with Crippen molar-refractivity contribution in [2.45, 2.75) is 12.5 Å². The molecular weight excluding hydrogens is 313 g/mol. The van der Waals surface area contributed by atoms with E-state index in [1.165, 1.54) is 25.3 Å². The van der Waals surface area contributed by atoms with Crippen LogP contribution in [0.1, 0.15) is 15.9 Å². The number of aromatic carboxylic acids is 1. The van der Waals surface area contributed by atoms with Crippen LogP contribution in [0.3, 0.4) is 0 Å². The van der Waals surface area contributed by atoms with Crippen molar-refractivity contribution in [3.8, 4) is 16.9 Å². The average Bonchev–Trinajstić information content (AvgIpc) is 2.47. The molecule has 2 aromatic carbocycles. The summed E-state index contributed by atoms with van der Waals surface area (Å²) in [6.07, 6.45) is -4.89. The van der Waals surface area contributed by atoms with Gasteiger partial charge in [0.2, 0.25) is 0 Å². The second-order valence-electron chi connectivity index (χ2n) is 4.88. The van der Waals surface area contributed by atoms with Crippen LogP contribution in [0.5, 0.6) is 5.75 Å². The molecule has 122 valence electrons. The number of carboxylic acids is 1. The second-order valence-corrected chi connectivity index (χ2v) is 4.88. The van der Waals surface area contributed by atoms with Crippen molar-refractivity contribution >= 4 is 5.97 Å². The second kappa shape index (κ2) is 6.29. The molecule has 0 unspecified atom stereocenters. The quantitative estimate of drug-likeness (QED) is 0.884. The molecule has 7 heteroatoms. The Labute approximate surface area is 129 Å². The molecule has 0 aromatic heterocycles. The van der Waals surface area contributed by atoms with E-state index in [1.807, 2.05) is 0 Å². The van der Waals surface area contributed by atoms with E-state index >= 15 is 0 Å². The Hall–Kier alpha value is -2.54. The third-order valence-electron chi connectivity index (χ3n) is 3.19. The molecule has 0 radical (unpaired) electrons. The van der Waals surface area contributed by atoms with Gasteiger partial charge < -0.3 is 14.9 Å². The number of benzene rings is 2. The van der Waals surface area contributed by atoms with Gasteiger partial charge in [-0.15, -0.1) is 0 Å². The monoisotopic (exact) mass is 326 g/mol. The molecule has 2 rings (SSSR count). The van der Waals surface area contributed by atoms with Crippen LogP contribution in [0.4, 0.5) is 13.2 Å². The first kappa shape index (κ1) is 16.8. The predicted molar refractivity (Wildman–Crippen MR) is 76.2 cm³/mol. The van der Waals surface area contributed by atoms with Crippen LogP contribution in [0.2, 0.25) is 0 Å². The number of ether oxygens (including phenoxy) is 1. The van der Waals surface area contributed by atoms with Gasteiger partial charge in [-0.3, -0.25) is 0 Å². The van der Waals surface area contributed by atoms with Crippen molar-refractivity contribution in [1.29, 1.82) is 0 Å². The van der Waals surface area contributed by atoms with Crippen molar-refractivity contribution in [3.05, 3.63) is 53.3 Å². The number of methoxy groups -OCH3 is 1. The molecule has 0 aliphatic rings. The van der Waals surface area contributed by atoms with Crippen molar-refractivity contribution in [2.75, 3.05) is 7.11 Å². The Kier molecular flexibility index (Phi) is 4.60. The van der Waals surface area contributed by atoms with E-state index < -0.39 is 24.3 Å². The first-order valence-electron chi connectivity index (χ1n) is 6.51. The zero-order chi connectivity index (χ0) is 17.2. The molecule has 0 bridgehead atoms. The van der Waals surface area contributed by atoms with Gasteiger partial charge in [0.1, 0.15) is 17.1 Å². The van der Waals surface area contributed by atoms with Crippen molar-refractivity contribution in [2.24, 2.45) is 0 Å². The normalized spacial score (nSPS) is 11.3. The Morgan fingerprint density at radius 1 is 1.22 bits per heavy atom. The summed E-state index contributed by atoms with van der Waals surface area (Å²) in [5.74, 6) is -1.86. The number of carbonyl (C=O) groups is 1. The Morgan fingerprint density at radius 3 is 2.48 bits per heavy atom. The van der Waals surface area contributed by atoms with Gasteiger partial charge >= 0.3 is 12.1 Å². The standard InChI is InChI=1S/C16H13F3O4/c1-23-14-5-3-10(7-12(14)15(20)21)11-6-9(2-4-13(11)17)8-16(18,19)22/h2-7,22H,8H2,1H3,(H,20,21). The fraction of sp³-hybridized carbons (Fsp3) is 0.188. The highest BCUT2D eigenvalue weighted by Crippen LogP contribution is 2.30. The highest BCUT2D eigenvalue weighted by molar-refractivity contribution is 5.92. The molecule has 0 saturated heterocycles. The molecule has 0 saturated carbocycles. The van der Waals surface area contributed by atoms with Gasteiger partial charge in [-0.2, -0.15) is 8.78 Å². The lowest BCUT2D eigenvalue weighted by Crippen LogP contribution is -2.17. The van der Waals surface area contributed by atoms with Crippen LogP contribution in [-0.2, 0) is 6.42 Å². The molecule has 0 aliphatic heterocycles. The molecule has 0 aliphatic carbocycles. The summed E-state index contributed by atoms with van der Waals surface area (Å²) in [6, 6.07) is 7.23. The van der Waals surface area contributed by atoms with Gasteiger partial charge in [0.15, 0.2) is 0 Å². The molecular formula is C16H13F3O4. The molecule has 4 nitrogen and oxygen atoms in total. The van der Waals surface area contributed by atoms with Crippen LogP contribution in [-0.4, -0.2) is 29.4 Å². The molecule has 0 heterocycles. The third-order valence-corrected chi connectivity index (χ3v) is 3.19. The van der Waals surface area contributed by atoms with Crippen molar-refractivity contribution < 1.29 is 32.9 Å². The number of carboxylic acid groups (broad SMARTS) is 1. The fourth-order valence-electron chi connectivity index (χ4n) is 2.19. The Morgan fingerprint density at radius 2 is 1.91 bits per heavy atom. The molecule has 0 fully saturated rings. The summed E-state index contributed by atoms with van der Waals surface area (Å²) in [6.45, 7) is 0. The first-order chi connectivity index (χ1) is 10.7. The number of aliphatic hydroxyl groups is 1. The van der Waals surface area contributed by atoms with E-state index in [0.29, 0.717) is 0 Å². The summed E-state index contributed by atoms with van der Waals surface area (Å²) in [5.41, 5.74) is -0.00964. The van der Waals surface area contributed by atoms with E-state index in [4.69, 9.17) is 14.9 Å². The molecule has 23 heavy (non-hydrogen) atoms. The number of hydrogen-bond acceptors (Lipinski definition) is 3. The fourth-order valence-corrected chi connectivity index (χ4v) is 2.19. The first-order valence-corrected chi connectivity index (χ1v) is 6.51. The highest BCUT2D eigenvalue weighted by atomic mass is 19.3. The minimum atomic E-state index is -3.92. The lowest BCUT2D eigenvalue weighted by atomic mass is 9.98. The van der Waals surface area contributed by atoms with E-state index in [1.54, 1.807) is 0 Å². The van der Waals surface area contributed by atoms with Crippen LogP contribution < -0.4 is 4.74 Å². The number of alkyl halides is 2. The van der Waals surface area contributed by atoms with Crippen LogP contribution in [0.25, 0.3) is 11.1 Å². The number of halogens is 3. The smallest absolute Gasteiger partial charge is 0.357 e. The maximum absolute atomic E-state index is 14.0.